The van der Waals surface area contributed by atoms with Crippen molar-refractivity contribution in [3.05, 3.63) is 53.0 Å². The van der Waals surface area contributed by atoms with Crippen LogP contribution < -0.4 is 0 Å². The van der Waals surface area contributed by atoms with Crippen molar-refractivity contribution in [3.8, 4) is 0 Å². The van der Waals surface area contributed by atoms with Gasteiger partial charge in [0.15, 0.2) is 0 Å². The molecule has 4 heteroatoms. The molecule has 0 amide bonds. The Labute approximate surface area is 123 Å². The summed E-state index contributed by atoms with van der Waals surface area (Å²) in [6.45, 7) is 5.95. The van der Waals surface area contributed by atoms with E-state index in [-0.39, 0.29) is 0 Å². The van der Waals surface area contributed by atoms with E-state index in [1.807, 2.05) is 11.7 Å². The second-order valence-corrected chi connectivity index (χ2v) is 5.64. The molecule has 4 rings (SSSR count). The van der Waals surface area contributed by atoms with Gasteiger partial charge in [0.05, 0.1) is 23.6 Å². The SMILES string of the molecule is Cc1nn(C)c(C)c1C1=NCCn2c1cc1ccccc12. The molecule has 1 aromatic carbocycles. The van der Waals surface area contributed by atoms with E-state index in [0.717, 1.165) is 24.5 Å². The number of nitrogens with zero attached hydrogens (tertiary/aromatic N) is 4. The van der Waals surface area contributed by atoms with Crippen LogP contribution >= 0.6 is 0 Å². The minimum atomic E-state index is 0.828. The fourth-order valence-corrected chi connectivity index (χ4v) is 3.31. The van der Waals surface area contributed by atoms with Gasteiger partial charge in [-0.1, -0.05) is 18.2 Å². The van der Waals surface area contributed by atoms with E-state index in [1.54, 1.807) is 0 Å². The fraction of sp³-hybridized carbons (Fsp3) is 0.294. The molecule has 106 valence electrons. The van der Waals surface area contributed by atoms with Gasteiger partial charge in [0, 0.05) is 35.8 Å². The average molecular weight is 278 g/mol. The fourth-order valence-electron chi connectivity index (χ4n) is 3.31. The van der Waals surface area contributed by atoms with Crippen LogP contribution in [0.2, 0.25) is 0 Å². The monoisotopic (exact) mass is 278 g/mol. The Hall–Kier alpha value is -2.36. The summed E-state index contributed by atoms with van der Waals surface area (Å²) in [7, 11) is 1.99. The first-order valence-electron chi connectivity index (χ1n) is 7.30. The largest absolute Gasteiger partial charge is 0.337 e. The van der Waals surface area contributed by atoms with E-state index in [4.69, 9.17) is 4.99 Å². The molecule has 0 N–H and O–H groups in total. The molecule has 0 atom stereocenters. The summed E-state index contributed by atoms with van der Waals surface area (Å²) >= 11 is 0. The van der Waals surface area contributed by atoms with Crippen LogP contribution in [0.3, 0.4) is 0 Å². The normalized spacial score (nSPS) is 14.3. The van der Waals surface area contributed by atoms with E-state index in [0.29, 0.717) is 0 Å². The Morgan fingerprint density at radius 1 is 1.14 bits per heavy atom. The molecule has 0 spiro atoms. The Morgan fingerprint density at radius 2 is 1.95 bits per heavy atom. The first kappa shape index (κ1) is 12.4. The average Bonchev–Trinajstić information content (AvgIpc) is 2.97. The van der Waals surface area contributed by atoms with Crippen LogP contribution in [0.4, 0.5) is 0 Å². The molecule has 3 aromatic rings. The maximum atomic E-state index is 4.81. The lowest BCUT2D eigenvalue weighted by molar-refractivity contribution is 0.710. The lowest BCUT2D eigenvalue weighted by atomic mass is 10.0. The van der Waals surface area contributed by atoms with E-state index in [9.17, 15) is 0 Å². The second-order valence-electron chi connectivity index (χ2n) is 5.64. The van der Waals surface area contributed by atoms with Crippen molar-refractivity contribution in [2.75, 3.05) is 6.54 Å². The highest BCUT2D eigenvalue weighted by molar-refractivity contribution is 6.15. The highest BCUT2D eigenvalue weighted by Crippen LogP contribution is 2.27. The minimum Gasteiger partial charge on any atom is -0.337 e. The number of hydrogen-bond acceptors (Lipinski definition) is 2. The molecule has 0 radical (unpaired) electrons. The molecule has 1 aliphatic rings. The van der Waals surface area contributed by atoms with Crippen molar-refractivity contribution in [1.82, 2.24) is 14.3 Å². The molecule has 4 nitrogen and oxygen atoms in total. The van der Waals surface area contributed by atoms with Crippen LogP contribution in [0.25, 0.3) is 10.9 Å². The van der Waals surface area contributed by atoms with Gasteiger partial charge in [-0.05, 0) is 26.0 Å². The number of hydrogen-bond donors (Lipinski definition) is 0. The summed E-state index contributed by atoms with van der Waals surface area (Å²) in [5.41, 5.74) is 6.99. The third-order valence-corrected chi connectivity index (χ3v) is 4.39. The van der Waals surface area contributed by atoms with Crippen LogP contribution in [0, 0.1) is 13.8 Å². The van der Waals surface area contributed by atoms with E-state index < -0.39 is 0 Å². The highest BCUT2D eigenvalue weighted by atomic mass is 15.3. The summed E-state index contributed by atoms with van der Waals surface area (Å²) in [5, 5.41) is 5.82. The first-order valence-corrected chi connectivity index (χ1v) is 7.30. The zero-order valence-electron chi connectivity index (χ0n) is 12.6. The minimum absolute atomic E-state index is 0.828. The lowest BCUT2D eigenvalue weighted by Gasteiger charge is -2.17. The topological polar surface area (TPSA) is 35.1 Å². The molecule has 0 aliphatic carbocycles. The third-order valence-electron chi connectivity index (χ3n) is 4.39. The molecule has 0 saturated heterocycles. The molecular weight excluding hydrogens is 260 g/mol. The zero-order valence-corrected chi connectivity index (χ0v) is 12.6. The van der Waals surface area contributed by atoms with Gasteiger partial charge >= 0.3 is 0 Å². The molecule has 3 heterocycles. The molecule has 2 aromatic heterocycles. The first-order chi connectivity index (χ1) is 10.2. The number of aryl methyl sites for hydroxylation is 2. The van der Waals surface area contributed by atoms with Crippen LogP contribution in [-0.2, 0) is 13.6 Å². The van der Waals surface area contributed by atoms with Gasteiger partial charge in [-0.25, -0.2) is 0 Å². The zero-order chi connectivity index (χ0) is 14.6. The number of benzene rings is 1. The molecule has 0 saturated carbocycles. The van der Waals surface area contributed by atoms with Crippen LogP contribution in [-0.4, -0.2) is 26.6 Å². The smallest absolute Gasteiger partial charge is 0.0921 e. The van der Waals surface area contributed by atoms with Gasteiger partial charge in [0.25, 0.3) is 0 Å². The van der Waals surface area contributed by atoms with Crippen molar-refractivity contribution < 1.29 is 0 Å². The number of aliphatic imine (C=N–C) groups is 1. The van der Waals surface area contributed by atoms with E-state index in [1.165, 1.54) is 27.9 Å². The van der Waals surface area contributed by atoms with Crippen molar-refractivity contribution >= 4 is 16.6 Å². The van der Waals surface area contributed by atoms with Gasteiger partial charge in [0.1, 0.15) is 0 Å². The van der Waals surface area contributed by atoms with Crippen molar-refractivity contribution in [2.45, 2.75) is 20.4 Å². The van der Waals surface area contributed by atoms with Crippen LogP contribution in [0.15, 0.2) is 35.3 Å². The quantitative estimate of drug-likeness (QED) is 0.674. The Morgan fingerprint density at radius 3 is 2.71 bits per heavy atom. The summed E-state index contributed by atoms with van der Waals surface area (Å²) < 4.78 is 4.32. The van der Waals surface area contributed by atoms with E-state index >= 15 is 0 Å². The molecule has 0 bridgehead atoms. The van der Waals surface area contributed by atoms with Gasteiger partial charge in [-0.2, -0.15) is 5.10 Å². The van der Waals surface area contributed by atoms with Gasteiger partial charge in [0.2, 0.25) is 0 Å². The molecule has 21 heavy (non-hydrogen) atoms. The standard InChI is InChI=1S/C17H18N4/c1-11-16(12(2)20(3)19-11)17-15-10-13-6-4-5-7-14(13)21(15)9-8-18-17/h4-7,10H,8-9H2,1-3H3. The molecule has 1 aliphatic heterocycles. The summed E-state index contributed by atoms with van der Waals surface area (Å²) in [5.74, 6) is 0. The Kier molecular flexibility index (Phi) is 2.55. The molecular formula is C17H18N4. The number of para-hydroxylation sites is 1. The Bertz CT molecular complexity index is 880. The number of rotatable bonds is 1. The Balaban J connectivity index is 1.99. The van der Waals surface area contributed by atoms with E-state index in [2.05, 4.69) is 53.8 Å². The maximum Gasteiger partial charge on any atom is 0.0921 e. The number of fused-ring (bicyclic) bond motifs is 3. The summed E-state index contributed by atoms with van der Waals surface area (Å²) in [6.07, 6.45) is 0. The van der Waals surface area contributed by atoms with Gasteiger partial charge < -0.3 is 4.57 Å². The number of aromatic nitrogens is 3. The van der Waals surface area contributed by atoms with Crippen molar-refractivity contribution in [1.29, 1.82) is 0 Å². The van der Waals surface area contributed by atoms with Gasteiger partial charge in [-0.15, -0.1) is 0 Å². The van der Waals surface area contributed by atoms with Gasteiger partial charge in [-0.3, -0.25) is 9.67 Å². The predicted molar refractivity (Wildman–Crippen MR) is 85.1 cm³/mol. The highest BCUT2D eigenvalue weighted by Gasteiger charge is 2.23. The lowest BCUT2D eigenvalue weighted by Crippen LogP contribution is -2.20. The molecule has 0 unspecified atom stereocenters. The maximum absolute atomic E-state index is 4.81. The predicted octanol–water partition coefficient (Wildman–Crippen LogP) is 2.84. The van der Waals surface area contributed by atoms with Crippen molar-refractivity contribution in [2.24, 2.45) is 12.0 Å². The molecule has 0 fully saturated rings. The third kappa shape index (κ3) is 1.68. The van der Waals surface area contributed by atoms with Crippen molar-refractivity contribution in [3.63, 3.8) is 0 Å². The summed E-state index contributed by atoms with van der Waals surface area (Å²) in [6, 6.07) is 10.8. The van der Waals surface area contributed by atoms with Crippen LogP contribution in [0.5, 0.6) is 0 Å². The second kappa shape index (κ2) is 4.32. The summed E-state index contributed by atoms with van der Waals surface area (Å²) in [4.78, 5) is 4.81. The van der Waals surface area contributed by atoms with Crippen LogP contribution in [0.1, 0.15) is 22.6 Å².